The summed E-state index contributed by atoms with van der Waals surface area (Å²) in [6.07, 6.45) is 1.98. The first kappa shape index (κ1) is 19.1. The summed E-state index contributed by atoms with van der Waals surface area (Å²) in [5, 5.41) is 2.80. The first-order valence-corrected chi connectivity index (χ1v) is 9.53. The maximum absolute atomic E-state index is 12.6. The average Bonchev–Trinajstić information content (AvgIpc) is 2.94. The predicted molar refractivity (Wildman–Crippen MR) is 113 cm³/mol. The molecular weight excluding hydrogens is 380 g/mol. The molecule has 2 aromatic rings. The number of nitrogens with zero attached hydrogens (tertiary/aromatic N) is 1. The van der Waals surface area contributed by atoms with Gasteiger partial charge in [-0.05, 0) is 35.9 Å². The monoisotopic (exact) mass is 398 g/mol. The summed E-state index contributed by atoms with van der Waals surface area (Å²) in [7, 11) is 1.59. The highest BCUT2D eigenvalue weighted by Crippen LogP contribution is 2.32. The molecular formula is C20H18N2O3S2. The minimum absolute atomic E-state index is 0.161. The molecule has 2 aromatic carbocycles. The fourth-order valence-electron chi connectivity index (χ4n) is 2.50. The number of rotatable bonds is 6. The minimum atomic E-state index is -0.179. The van der Waals surface area contributed by atoms with Gasteiger partial charge in [0.25, 0.3) is 5.91 Å². The van der Waals surface area contributed by atoms with E-state index in [9.17, 15) is 9.59 Å². The molecule has 0 bridgehead atoms. The van der Waals surface area contributed by atoms with Gasteiger partial charge >= 0.3 is 0 Å². The summed E-state index contributed by atoms with van der Waals surface area (Å²) in [6.45, 7) is 0.249. The molecule has 1 heterocycles. The Morgan fingerprint density at radius 2 is 1.89 bits per heavy atom. The summed E-state index contributed by atoms with van der Waals surface area (Å²) in [4.78, 5) is 26.8. The molecule has 0 spiro atoms. The van der Waals surface area contributed by atoms with Crippen LogP contribution < -0.4 is 10.1 Å². The zero-order valence-corrected chi connectivity index (χ0v) is 16.3. The third-order valence-corrected chi connectivity index (χ3v) is 5.28. The van der Waals surface area contributed by atoms with E-state index >= 15 is 0 Å². The molecule has 0 atom stereocenters. The Kier molecular flexibility index (Phi) is 6.26. The molecule has 1 N–H and O–H groups in total. The number of hydrogen-bond acceptors (Lipinski definition) is 5. The lowest BCUT2D eigenvalue weighted by Gasteiger charge is -2.14. The molecule has 1 aliphatic rings. The van der Waals surface area contributed by atoms with E-state index in [0.29, 0.717) is 14.9 Å². The van der Waals surface area contributed by atoms with Crippen LogP contribution >= 0.6 is 24.0 Å². The van der Waals surface area contributed by atoms with E-state index in [1.54, 1.807) is 31.4 Å². The fraction of sp³-hybridized carbons (Fsp3) is 0.150. The maximum atomic E-state index is 12.6. The Morgan fingerprint density at radius 3 is 2.56 bits per heavy atom. The van der Waals surface area contributed by atoms with E-state index in [2.05, 4.69) is 5.32 Å². The zero-order valence-electron chi connectivity index (χ0n) is 14.7. The molecule has 27 heavy (non-hydrogen) atoms. The van der Waals surface area contributed by atoms with Gasteiger partial charge < -0.3 is 10.1 Å². The molecule has 138 valence electrons. The minimum Gasteiger partial charge on any atom is -0.497 e. The average molecular weight is 399 g/mol. The third kappa shape index (κ3) is 4.96. The lowest BCUT2D eigenvalue weighted by molar-refractivity contribution is -0.122. The number of nitrogens with one attached hydrogen (secondary N) is 1. The molecule has 7 heteroatoms. The van der Waals surface area contributed by atoms with Gasteiger partial charge in [0, 0.05) is 18.7 Å². The number of thiocarbonyl (C=S) groups is 1. The van der Waals surface area contributed by atoms with Crippen LogP contribution in [0.3, 0.4) is 0 Å². The van der Waals surface area contributed by atoms with Crippen molar-refractivity contribution in [2.24, 2.45) is 0 Å². The summed E-state index contributed by atoms with van der Waals surface area (Å²) in [6, 6.07) is 16.7. The quantitative estimate of drug-likeness (QED) is 0.590. The van der Waals surface area contributed by atoms with Gasteiger partial charge in [0.05, 0.1) is 12.0 Å². The molecule has 1 aliphatic heterocycles. The molecule has 1 fully saturated rings. The molecule has 0 saturated carbocycles. The highest BCUT2D eigenvalue weighted by Gasteiger charge is 2.32. The number of thioether (sulfide) groups is 1. The van der Waals surface area contributed by atoms with Gasteiger partial charge in [-0.15, -0.1) is 0 Å². The Labute approximate surface area is 167 Å². The van der Waals surface area contributed by atoms with Crippen LogP contribution in [-0.4, -0.2) is 34.7 Å². The van der Waals surface area contributed by atoms with Crippen molar-refractivity contribution in [1.29, 1.82) is 0 Å². The fourth-order valence-corrected chi connectivity index (χ4v) is 3.81. The van der Waals surface area contributed by atoms with Gasteiger partial charge in [-0.25, -0.2) is 0 Å². The largest absolute Gasteiger partial charge is 0.497 e. The number of ether oxygens (including phenoxy) is 1. The number of carbonyl (C=O) groups excluding carboxylic acids is 2. The van der Waals surface area contributed by atoms with Gasteiger partial charge in [0.2, 0.25) is 5.91 Å². The summed E-state index contributed by atoms with van der Waals surface area (Å²) < 4.78 is 5.56. The number of anilines is 1. The maximum Gasteiger partial charge on any atom is 0.266 e. The highest BCUT2D eigenvalue weighted by molar-refractivity contribution is 8.26. The smallest absolute Gasteiger partial charge is 0.266 e. The van der Waals surface area contributed by atoms with Crippen LogP contribution in [0.5, 0.6) is 5.75 Å². The first-order chi connectivity index (χ1) is 13.1. The van der Waals surface area contributed by atoms with Crippen molar-refractivity contribution in [3.8, 4) is 5.75 Å². The van der Waals surface area contributed by atoms with Crippen molar-refractivity contribution in [3.63, 3.8) is 0 Å². The topological polar surface area (TPSA) is 58.6 Å². The third-order valence-electron chi connectivity index (χ3n) is 3.91. The van der Waals surface area contributed by atoms with Gasteiger partial charge in [-0.2, -0.15) is 0 Å². The molecule has 0 unspecified atom stereocenters. The van der Waals surface area contributed by atoms with Crippen molar-refractivity contribution in [1.82, 2.24) is 4.90 Å². The van der Waals surface area contributed by atoms with Crippen molar-refractivity contribution >= 4 is 51.9 Å². The van der Waals surface area contributed by atoms with Gasteiger partial charge in [0.1, 0.15) is 10.1 Å². The highest BCUT2D eigenvalue weighted by atomic mass is 32.2. The van der Waals surface area contributed by atoms with E-state index in [1.165, 1.54) is 16.7 Å². The van der Waals surface area contributed by atoms with E-state index in [-0.39, 0.29) is 24.8 Å². The summed E-state index contributed by atoms with van der Waals surface area (Å²) in [5.74, 6) is 0.378. The Balaban J connectivity index is 1.57. The number of amides is 2. The van der Waals surface area contributed by atoms with Crippen molar-refractivity contribution in [3.05, 3.63) is 65.1 Å². The van der Waals surface area contributed by atoms with Gasteiger partial charge in [-0.1, -0.05) is 54.3 Å². The standard InChI is InChI=1S/C20H18N2O3S2/c1-25-16-9-7-15(8-10-16)21-18(23)11-12-22-19(24)17(27-20(22)26)13-14-5-3-2-4-6-14/h2-10,13H,11-12H2,1H3,(H,21,23)/b17-13-. The van der Waals surface area contributed by atoms with Crippen LogP contribution in [-0.2, 0) is 9.59 Å². The van der Waals surface area contributed by atoms with E-state index in [1.807, 2.05) is 36.4 Å². The Morgan fingerprint density at radius 1 is 1.19 bits per heavy atom. The lowest BCUT2D eigenvalue weighted by atomic mass is 10.2. The number of hydrogen-bond donors (Lipinski definition) is 1. The van der Waals surface area contributed by atoms with Crippen LogP contribution in [0.2, 0.25) is 0 Å². The number of methoxy groups -OCH3 is 1. The van der Waals surface area contributed by atoms with Crippen molar-refractivity contribution < 1.29 is 14.3 Å². The summed E-state index contributed by atoms with van der Waals surface area (Å²) in [5.41, 5.74) is 1.62. The molecule has 0 aliphatic carbocycles. The molecule has 2 amide bonds. The van der Waals surface area contributed by atoms with Crippen LogP contribution in [0.4, 0.5) is 5.69 Å². The first-order valence-electron chi connectivity index (χ1n) is 8.31. The van der Waals surface area contributed by atoms with Crippen LogP contribution in [0.25, 0.3) is 6.08 Å². The number of benzene rings is 2. The lowest BCUT2D eigenvalue weighted by Crippen LogP contribution is -2.31. The zero-order chi connectivity index (χ0) is 19.2. The molecule has 3 rings (SSSR count). The molecule has 0 aromatic heterocycles. The second kappa shape index (κ2) is 8.83. The van der Waals surface area contributed by atoms with E-state index in [0.717, 1.165) is 11.3 Å². The Bertz CT molecular complexity index is 880. The van der Waals surface area contributed by atoms with Crippen LogP contribution in [0.1, 0.15) is 12.0 Å². The molecule has 1 saturated heterocycles. The normalized spacial score (nSPS) is 15.3. The van der Waals surface area contributed by atoms with Crippen LogP contribution in [0, 0.1) is 0 Å². The SMILES string of the molecule is COc1ccc(NC(=O)CCN2C(=O)/C(=C/c3ccccc3)SC2=S)cc1. The van der Waals surface area contributed by atoms with Crippen molar-refractivity contribution in [2.45, 2.75) is 6.42 Å². The van der Waals surface area contributed by atoms with Gasteiger partial charge in [0.15, 0.2) is 0 Å². The van der Waals surface area contributed by atoms with Gasteiger partial charge in [-0.3, -0.25) is 14.5 Å². The second-order valence-corrected chi connectivity index (χ2v) is 7.45. The second-order valence-electron chi connectivity index (χ2n) is 5.77. The van der Waals surface area contributed by atoms with E-state index < -0.39 is 0 Å². The Hall–Kier alpha value is -2.64. The van der Waals surface area contributed by atoms with Crippen LogP contribution in [0.15, 0.2) is 59.5 Å². The molecule has 0 radical (unpaired) electrons. The van der Waals surface area contributed by atoms with E-state index in [4.69, 9.17) is 17.0 Å². The van der Waals surface area contributed by atoms with Crippen molar-refractivity contribution in [2.75, 3.05) is 19.0 Å². The predicted octanol–water partition coefficient (Wildman–Crippen LogP) is 3.93. The molecule has 5 nitrogen and oxygen atoms in total. The number of carbonyl (C=O) groups is 2. The summed E-state index contributed by atoms with van der Waals surface area (Å²) >= 11 is 6.56.